The Hall–Kier alpha value is -15.3. The van der Waals surface area contributed by atoms with E-state index in [0.29, 0.717) is 66.3 Å². The molecule has 0 aliphatic carbocycles. The van der Waals surface area contributed by atoms with Crippen LogP contribution in [0.1, 0.15) is 57.8 Å². The second kappa shape index (κ2) is 41.7. The van der Waals surface area contributed by atoms with Crippen molar-refractivity contribution in [3.8, 4) is 90.5 Å². The number of halogens is 3. The van der Waals surface area contributed by atoms with Gasteiger partial charge in [0.25, 0.3) is 0 Å². The van der Waals surface area contributed by atoms with Crippen molar-refractivity contribution in [3.05, 3.63) is 268 Å². The average molecular weight is 1820 g/mol. The van der Waals surface area contributed by atoms with E-state index >= 15 is 0 Å². The molecule has 135 heavy (non-hydrogen) atoms. The Morgan fingerprint density at radius 3 is 0.844 bits per heavy atom. The van der Waals surface area contributed by atoms with Gasteiger partial charge in [0.2, 0.25) is 41.5 Å². The van der Waals surface area contributed by atoms with Gasteiger partial charge in [-0.2, -0.15) is 29.9 Å². The van der Waals surface area contributed by atoms with Gasteiger partial charge in [-0.3, -0.25) is 26.4 Å². The molecule has 6 aliphatic rings. The van der Waals surface area contributed by atoms with Gasteiger partial charge in [-0.05, 0) is 191 Å². The van der Waals surface area contributed by atoms with Crippen LogP contribution >= 0.6 is 0 Å². The Balaban J connectivity index is 0.000000104. The molecule has 6 aliphatic heterocycles. The lowest BCUT2D eigenvalue weighted by Gasteiger charge is -2.16. The summed E-state index contributed by atoms with van der Waals surface area (Å²) in [6, 6.07) is 62.0. The Labute approximate surface area is 778 Å². The number of fused-ring (bicyclic) bond motifs is 6. The summed E-state index contributed by atoms with van der Waals surface area (Å²) in [4.78, 5) is 69.0. The topological polar surface area (TPSA) is 267 Å². The van der Waals surface area contributed by atoms with E-state index in [9.17, 15) is 18.3 Å². The first kappa shape index (κ1) is 89.0. The Morgan fingerprint density at radius 1 is 0.296 bits per heavy atom. The van der Waals surface area contributed by atoms with Gasteiger partial charge in [-0.15, -0.1) is 0 Å². The number of hydrogen-bond donors (Lipinski definition) is 1. The molecule has 0 saturated carbocycles. The van der Waals surface area contributed by atoms with Gasteiger partial charge in [0.15, 0.2) is 0 Å². The summed E-state index contributed by atoms with van der Waals surface area (Å²) < 4.78 is 75.3. The number of anilines is 6. The van der Waals surface area contributed by atoms with E-state index in [-0.39, 0.29) is 12.4 Å². The normalized spacial score (nSPS) is 16.4. The molecule has 3 atom stereocenters. The molecule has 6 saturated heterocycles. The minimum atomic E-state index is -0.823. The predicted molar refractivity (Wildman–Crippen MR) is 518 cm³/mol. The summed E-state index contributed by atoms with van der Waals surface area (Å²) in [6.07, 6.45) is 33.7. The highest BCUT2D eigenvalue weighted by molar-refractivity contribution is 5.69. The molecule has 0 spiro atoms. The standard InChI is InChI=1S/C18H19FN4O.2C17H17FN4O.2C17H18N4O.C16H16N4O/c19-8-12-24-15-5-3-14(4-6-15)16-13-23-11-7-17(21-18(23)20-16)22-9-1-2-10-22;1-23-14-4-2-12(3-5-14)15-11-22-9-7-16(20-17(22)19-15)21-8-6-13(18)10-21;18-12-23-14-5-3-13(4-6-14)15-11-22-10-7-16(20-17(22)19-15)21-8-1-2-9-21;2*1-22-14-7-9-20(11-14)16-8-10-21-12-15(18-17(21)19-16)13-5-3-2-4-6-13;21-13-5-3-12(4-6-13)14-11-20-10-7-15(18-16(20)17-14)19-8-1-2-9-19/h3-7,11,13H,1-2,8-10,12H2;2-5,7,9,11,13H,6,8,10H2,1H3;3-7,10-11H,1-2,8-9,12H2;2*2-6,8,10,12,14H,7,9,11H2,1H3;3-7,10-11,21H,1-2,8-9H2/t;13-;;2*14-;/m.1.10./s1. The predicted octanol–water partition coefficient (Wildman–Crippen LogP) is 17.5. The lowest BCUT2D eigenvalue weighted by atomic mass is 10.2. The maximum atomic E-state index is 13.4. The van der Waals surface area contributed by atoms with Gasteiger partial charge in [0.05, 0.1) is 60.0 Å². The fourth-order valence-corrected chi connectivity index (χ4v) is 17.4. The number of nitrogens with zero attached hydrogens (tertiary/aromatic N) is 24. The van der Waals surface area contributed by atoms with Gasteiger partial charge in [-0.25, -0.2) is 43.1 Å². The summed E-state index contributed by atoms with van der Waals surface area (Å²) in [5.41, 5.74) is 11.4. The van der Waals surface area contributed by atoms with Crippen LogP contribution in [-0.4, -0.2) is 230 Å². The number of phenols is 1. The van der Waals surface area contributed by atoms with Gasteiger partial charge >= 0.3 is 0 Å². The molecule has 1 N–H and O–H groups in total. The zero-order valence-corrected chi connectivity index (χ0v) is 75.5. The maximum Gasteiger partial charge on any atom is 0.236 e. The van der Waals surface area contributed by atoms with Gasteiger partial charge < -0.3 is 58.2 Å². The Morgan fingerprint density at radius 2 is 0.570 bits per heavy atom. The summed E-state index contributed by atoms with van der Waals surface area (Å²) in [5.74, 6) is 12.1. The molecule has 6 aromatic carbocycles. The number of benzene rings is 6. The van der Waals surface area contributed by atoms with Crippen molar-refractivity contribution in [1.82, 2.24) is 86.2 Å². The first-order chi connectivity index (χ1) is 66.3. The fourth-order valence-electron chi connectivity index (χ4n) is 17.4. The van der Waals surface area contributed by atoms with Crippen molar-refractivity contribution in [1.29, 1.82) is 0 Å². The zero-order valence-electron chi connectivity index (χ0n) is 75.5. The highest BCUT2D eigenvalue weighted by atomic mass is 19.1. The minimum Gasteiger partial charge on any atom is -0.508 e. The minimum absolute atomic E-state index is 0.0803. The summed E-state index contributed by atoms with van der Waals surface area (Å²) >= 11 is 0. The number of ether oxygens (including phenoxy) is 5. The first-order valence-corrected chi connectivity index (χ1v) is 45.8. The molecule has 18 aromatic rings. The van der Waals surface area contributed by atoms with Crippen LogP contribution in [0.3, 0.4) is 0 Å². The number of hydrogen-bond acceptors (Lipinski definition) is 24. The lowest BCUT2D eigenvalue weighted by molar-refractivity contribution is 0.121. The molecule has 30 nitrogen and oxygen atoms in total. The van der Waals surface area contributed by atoms with E-state index in [1.54, 1.807) is 45.6 Å². The molecule has 33 heteroatoms. The summed E-state index contributed by atoms with van der Waals surface area (Å²) in [6.45, 7) is 10.1. The number of methoxy groups -OCH3 is 3. The third kappa shape index (κ3) is 21.3. The number of alkyl halides is 3. The molecule has 0 radical (unpaired) electrons. The summed E-state index contributed by atoms with van der Waals surface area (Å²) in [5, 5.41) is 9.36. The van der Waals surface area contributed by atoms with Crippen molar-refractivity contribution < 1.29 is 42.0 Å². The van der Waals surface area contributed by atoms with Crippen LogP contribution in [0.5, 0.6) is 23.0 Å². The number of phenolic OH excluding ortho intramolecular Hbond substituents is 1. The molecule has 690 valence electrons. The van der Waals surface area contributed by atoms with Crippen LogP contribution in [0.2, 0.25) is 0 Å². The molecular weight excluding hydrogens is 1710 g/mol. The van der Waals surface area contributed by atoms with Crippen LogP contribution in [0.25, 0.3) is 102 Å². The van der Waals surface area contributed by atoms with Crippen LogP contribution in [0.15, 0.2) is 268 Å². The van der Waals surface area contributed by atoms with Gasteiger partial charge in [-0.1, -0.05) is 60.7 Å². The molecule has 0 unspecified atom stereocenters. The van der Waals surface area contributed by atoms with Crippen molar-refractivity contribution in [2.45, 2.75) is 76.2 Å². The van der Waals surface area contributed by atoms with E-state index in [0.717, 1.165) is 198 Å². The van der Waals surface area contributed by atoms with Crippen molar-refractivity contribution in [2.24, 2.45) is 0 Å². The van der Waals surface area contributed by atoms with E-state index in [1.165, 1.54) is 38.5 Å². The highest BCUT2D eigenvalue weighted by Gasteiger charge is 2.28. The number of aromatic nitrogens is 18. The zero-order chi connectivity index (χ0) is 91.9. The Bertz CT molecular complexity index is 6810. The molecule has 18 heterocycles. The quantitative estimate of drug-likeness (QED) is 0.0743. The lowest BCUT2D eigenvalue weighted by Crippen LogP contribution is -2.23. The van der Waals surface area contributed by atoms with Crippen molar-refractivity contribution in [2.75, 3.05) is 149 Å². The molecule has 6 fully saturated rings. The molecule has 0 amide bonds. The van der Waals surface area contributed by atoms with E-state index in [1.807, 2.05) is 251 Å². The monoisotopic (exact) mass is 1820 g/mol. The average Bonchev–Trinajstić information content (AvgIpc) is 1.68. The van der Waals surface area contributed by atoms with Crippen LogP contribution < -0.4 is 43.6 Å². The van der Waals surface area contributed by atoms with Gasteiger partial charge in [0.1, 0.15) is 77.4 Å². The van der Waals surface area contributed by atoms with E-state index < -0.39 is 19.7 Å². The Kier molecular flexibility index (Phi) is 27.5. The van der Waals surface area contributed by atoms with Gasteiger partial charge in [0, 0.05) is 194 Å². The molecule has 0 bridgehead atoms. The SMILES string of the molecule is CO[C@@H]1CCN(c2ccn3cc(-c4ccccc4)nc3n2)C1.CO[C@H]1CCN(c2ccn3cc(-c4ccccc4)nc3n2)C1.COc1ccc(-c2cn3ccc(N4CC[C@@H](F)C4)nc3n2)cc1.FCCOc1ccc(-c2cn3ccc(N4CCCC4)nc3n2)cc1.FCOc1ccc(-c2cn3ccc(N4CCCC4)nc3n2)cc1.Oc1ccc(-c2cn3ccc(N4CCCC4)nc3n2)cc1. The second-order valence-corrected chi connectivity index (χ2v) is 33.7. The van der Waals surface area contributed by atoms with Crippen LogP contribution in [0.4, 0.5) is 48.1 Å². The van der Waals surface area contributed by atoms with Crippen molar-refractivity contribution in [3.63, 3.8) is 0 Å². The number of aromatic hydroxyl groups is 1. The smallest absolute Gasteiger partial charge is 0.236 e. The third-order valence-electron chi connectivity index (χ3n) is 24.8. The van der Waals surface area contributed by atoms with Crippen molar-refractivity contribution >= 4 is 69.6 Å². The van der Waals surface area contributed by atoms with Crippen LogP contribution in [0, 0.1) is 0 Å². The fraction of sp³-hybridized carbons (Fsp3) is 0.294. The highest BCUT2D eigenvalue weighted by Crippen LogP contribution is 2.33. The summed E-state index contributed by atoms with van der Waals surface area (Å²) in [7, 11) is 5.18. The van der Waals surface area contributed by atoms with E-state index in [4.69, 9.17) is 33.7 Å². The number of imidazole rings is 6. The largest absolute Gasteiger partial charge is 0.508 e. The van der Waals surface area contributed by atoms with Crippen LogP contribution in [-0.2, 0) is 9.47 Å². The molecular formula is C102H105F3N24O6. The maximum absolute atomic E-state index is 13.4. The second-order valence-electron chi connectivity index (χ2n) is 33.7. The first-order valence-electron chi connectivity index (χ1n) is 45.8. The molecule has 12 aromatic heterocycles. The third-order valence-corrected chi connectivity index (χ3v) is 24.8. The van der Waals surface area contributed by atoms with E-state index in [2.05, 4.69) is 98.6 Å². The molecule has 24 rings (SSSR count). The number of rotatable bonds is 20.